The minimum Gasteiger partial charge on any atom is -0.456 e. The maximum Gasteiger partial charge on any atom is 0.149 e. The highest BCUT2D eigenvalue weighted by molar-refractivity contribution is 6.27. The van der Waals surface area contributed by atoms with E-state index in [1.165, 1.54) is 55.6 Å². The van der Waals surface area contributed by atoms with Crippen LogP contribution in [0.4, 0.5) is 34.1 Å². The number of nitrogens with zero attached hydrogens (tertiary/aromatic N) is 2. The van der Waals surface area contributed by atoms with E-state index in [1.54, 1.807) is 0 Å². The summed E-state index contributed by atoms with van der Waals surface area (Å²) in [6.45, 7) is 23.1. The zero-order valence-electron chi connectivity index (χ0n) is 45.2. The molecule has 0 unspecified atom stereocenters. The van der Waals surface area contributed by atoms with Crippen LogP contribution < -0.4 is 9.80 Å². The molecule has 2 heterocycles. The van der Waals surface area contributed by atoms with Crippen molar-refractivity contribution >= 4 is 88.8 Å². The molecular weight excluding hydrogens is 925 g/mol. The second-order valence-electron chi connectivity index (χ2n) is 24.6. The lowest BCUT2D eigenvalue weighted by Gasteiger charge is -2.29. The van der Waals surface area contributed by atoms with E-state index in [0.717, 1.165) is 88.8 Å². The maximum atomic E-state index is 7.16. The number of furan rings is 2. The molecule has 2 aromatic heterocycles. The Morgan fingerprint density at radius 1 is 0.342 bits per heavy atom. The number of hydrogen-bond acceptors (Lipinski definition) is 4. The van der Waals surface area contributed by atoms with E-state index in [4.69, 9.17) is 8.83 Å². The van der Waals surface area contributed by atoms with Gasteiger partial charge in [-0.1, -0.05) is 178 Å². The van der Waals surface area contributed by atoms with E-state index in [2.05, 4.69) is 273 Å². The normalized spacial score (nSPS) is 14.4. The van der Waals surface area contributed by atoms with Crippen molar-refractivity contribution in [3.05, 3.63) is 228 Å². The molecule has 4 nitrogen and oxygen atoms in total. The lowest BCUT2D eigenvalue weighted by Crippen LogP contribution is -2.17. The van der Waals surface area contributed by atoms with Gasteiger partial charge in [0.25, 0.3) is 0 Å². The number of para-hydroxylation sites is 1. The number of hydrogen-bond donors (Lipinski definition) is 0. The van der Waals surface area contributed by atoms with Gasteiger partial charge >= 0.3 is 0 Å². The first-order valence-corrected chi connectivity index (χ1v) is 27.0. The van der Waals surface area contributed by atoms with Crippen molar-refractivity contribution in [3.8, 4) is 22.3 Å². The Labute approximate surface area is 445 Å². The Kier molecular flexibility index (Phi) is 9.78. The summed E-state index contributed by atoms with van der Waals surface area (Å²) in [4.78, 5) is 4.84. The second-order valence-corrected chi connectivity index (χ2v) is 24.6. The lowest BCUT2D eigenvalue weighted by atomic mass is 9.82. The highest BCUT2D eigenvalue weighted by atomic mass is 16.3. The van der Waals surface area contributed by atoms with E-state index >= 15 is 0 Å². The molecule has 0 saturated heterocycles. The molecule has 12 aromatic rings. The van der Waals surface area contributed by atoms with Gasteiger partial charge in [-0.3, -0.25) is 0 Å². The summed E-state index contributed by atoms with van der Waals surface area (Å²) in [7, 11) is 0. The zero-order chi connectivity index (χ0) is 52.2. The van der Waals surface area contributed by atoms with Crippen molar-refractivity contribution in [2.75, 3.05) is 9.80 Å². The van der Waals surface area contributed by atoms with Crippen molar-refractivity contribution in [3.63, 3.8) is 0 Å². The molecule has 0 radical (unpaired) electrons. The molecule has 0 aliphatic heterocycles. The van der Waals surface area contributed by atoms with E-state index in [0.29, 0.717) is 0 Å². The van der Waals surface area contributed by atoms with Crippen LogP contribution in [0.15, 0.2) is 203 Å². The van der Waals surface area contributed by atoms with Gasteiger partial charge in [-0.2, -0.15) is 0 Å². The zero-order valence-corrected chi connectivity index (χ0v) is 45.2. The molecule has 2 aliphatic carbocycles. The van der Waals surface area contributed by atoms with Crippen LogP contribution >= 0.6 is 0 Å². The molecule has 4 heteroatoms. The van der Waals surface area contributed by atoms with Crippen LogP contribution in [0.3, 0.4) is 0 Å². The summed E-state index contributed by atoms with van der Waals surface area (Å²) in [6, 6.07) is 72.2. The van der Waals surface area contributed by atoms with E-state index in [-0.39, 0.29) is 21.7 Å². The average Bonchev–Trinajstić information content (AvgIpc) is 4.32. The molecule has 0 N–H and O–H groups in total. The first-order valence-electron chi connectivity index (χ1n) is 27.0. The summed E-state index contributed by atoms with van der Waals surface area (Å²) in [6.07, 6.45) is 0. The summed E-state index contributed by atoms with van der Waals surface area (Å²) < 4.78 is 14.2. The Hall–Kier alpha value is -8.34. The maximum absolute atomic E-state index is 7.16. The standard InChI is InChI=1S/C72H62N2O2/c1-69(2,3)45-24-29-47(30-25-45)73(50-33-35-54-52-17-11-14-20-58(52)71(7,8)60(54)40-50)49-28-23-43-38-57-64(39-44(43)37-49)75-65-42-62(66-56-19-13-16-22-63(56)76-68(66)67(57)65)74(48-31-26-46(27-32-48)70(4,5)6)51-34-36-55-53-18-12-15-21-59(53)72(9,10)61(55)41-51/h11-42H,1-10H3. The van der Waals surface area contributed by atoms with Crippen molar-refractivity contribution in [1.82, 2.24) is 0 Å². The van der Waals surface area contributed by atoms with Crippen molar-refractivity contribution in [2.45, 2.75) is 90.9 Å². The summed E-state index contributed by atoms with van der Waals surface area (Å²) in [5.74, 6) is 0. The first-order chi connectivity index (χ1) is 36.4. The third kappa shape index (κ3) is 6.89. The lowest BCUT2D eigenvalue weighted by molar-refractivity contribution is 0.590. The molecule has 372 valence electrons. The number of anilines is 6. The predicted octanol–water partition coefficient (Wildman–Crippen LogP) is 20.8. The summed E-state index contributed by atoms with van der Waals surface area (Å²) in [5, 5.41) is 6.35. The van der Waals surface area contributed by atoms with Gasteiger partial charge in [0.05, 0.1) is 16.5 Å². The van der Waals surface area contributed by atoms with Gasteiger partial charge in [0, 0.05) is 56.1 Å². The van der Waals surface area contributed by atoms with Crippen LogP contribution in [-0.2, 0) is 21.7 Å². The highest BCUT2D eigenvalue weighted by Crippen LogP contribution is 2.54. The van der Waals surface area contributed by atoms with Crippen LogP contribution in [-0.4, -0.2) is 0 Å². The average molecular weight is 987 g/mol. The van der Waals surface area contributed by atoms with Crippen molar-refractivity contribution in [2.24, 2.45) is 0 Å². The van der Waals surface area contributed by atoms with Crippen LogP contribution in [0.2, 0.25) is 0 Å². The molecule has 76 heavy (non-hydrogen) atoms. The molecule has 2 aliphatic rings. The Balaban J connectivity index is 0.962. The topological polar surface area (TPSA) is 32.8 Å². The van der Waals surface area contributed by atoms with Gasteiger partial charge in [-0.15, -0.1) is 0 Å². The number of fused-ring (bicyclic) bond motifs is 14. The van der Waals surface area contributed by atoms with Gasteiger partial charge in [0.15, 0.2) is 0 Å². The van der Waals surface area contributed by atoms with Gasteiger partial charge < -0.3 is 18.6 Å². The Morgan fingerprint density at radius 2 is 0.829 bits per heavy atom. The van der Waals surface area contributed by atoms with Crippen LogP contribution in [0.5, 0.6) is 0 Å². The minimum atomic E-state index is -0.176. The van der Waals surface area contributed by atoms with Crippen LogP contribution in [0.1, 0.15) is 103 Å². The Bertz CT molecular complexity index is 4360. The molecular formula is C72H62N2O2. The smallest absolute Gasteiger partial charge is 0.149 e. The fraction of sp³-hybridized carbons (Fsp3) is 0.194. The number of benzene rings is 10. The minimum absolute atomic E-state index is 0.000237. The van der Waals surface area contributed by atoms with Crippen molar-refractivity contribution < 1.29 is 8.83 Å². The number of rotatable bonds is 6. The molecule has 10 aromatic carbocycles. The highest BCUT2D eigenvalue weighted by Gasteiger charge is 2.38. The third-order valence-corrected chi connectivity index (χ3v) is 17.1. The van der Waals surface area contributed by atoms with Crippen LogP contribution in [0, 0.1) is 0 Å². The summed E-state index contributed by atoms with van der Waals surface area (Å²) >= 11 is 0. The van der Waals surface area contributed by atoms with Gasteiger partial charge in [-0.25, -0.2) is 0 Å². The SMILES string of the molecule is CC(C)(C)c1ccc(N(c2ccc3c(c2)C(C)(C)c2ccccc2-3)c2ccc3cc4c(cc3c2)oc2cc(N(c3ccc(C(C)(C)C)cc3)c3ccc5c(c3)C(C)(C)c3ccccc3-5)c3c5ccccc5oc3c24)cc1. The third-order valence-electron chi connectivity index (χ3n) is 17.1. The Morgan fingerprint density at radius 3 is 1.42 bits per heavy atom. The quantitative estimate of drug-likeness (QED) is 0.166. The molecule has 0 spiro atoms. The van der Waals surface area contributed by atoms with Gasteiger partial charge in [0.1, 0.15) is 22.3 Å². The largest absolute Gasteiger partial charge is 0.456 e. The first kappa shape index (κ1) is 46.2. The fourth-order valence-corrected chi connectivity index (χ4v) is 12.9. The summed E-state index contributed by atoms with van der Waals surface area (Å²) in [5.41, 5.74) is 22.6. The van der Waals surface area contributed by atoms with E-state index in [9.17, 15) is 0 Å². The fourth-order valence-electron chi connectivity index (χ4n) is 12.9. The van der Waals surface area contributed by atoms with Crippen molar-refractivity contribution in [1.29, 1.82) is 0 Å². The van der Waals surface area contributed by atoms with E-state index in [1.807, 2.05) is 0 Å². The molecule has 0 fully saturated rings. The molecule has 0 amide bonds. The molecule has 0 saturated carbocycles. The molecule has 0 atom stereocenters. The van der Waals surface area contributed by atoms with Gasteiger partial charge in [0.2, 0.25) is 0 Å². The van der Waals surface area contributed by atoms with Crippen LogP contribution in [0.25, 0.3) is 76.9 Å². The molecule has 14 rings (SSSR count). The monoisotopic (exact) mass is 986 g/mol. The second kappa shape index (κ2) is 16.1. The molecule has 0 bridgehead atoms. The van der Waals surface area contributed by atoms with Gasteiger partial charge in [-0.05, 0) is 156 Å². The predicted molar refractivity (Wildman–Crippen MR) is 320 cm³/mol. The van der Waals surface area contributed by atoms with E-state index < -0.39 is 0 Å².